The van der Waals surface area contributed by atoms with E-state index in [2.05, 4.69) is 21.0 Å². The monoisotopic (exact) mass is 189 g/mol. The number of aliphatic imine (C=N–C) groups is 1. The van der Waals surface area contributed by atoms with Gasteiger partial charge in [0.05, 0.1) is 31.3 Å². The molecule has 2 rings (SSSR count). The molecule has 0 atom stereocenters. The van der Waals surface area contributed by atoms with Gasteiger partial charge in [-0.1, -0.05) is 6.08 Å². The normalized spacial score (nSPS) is 17.0. The van der Waals surface area contributed by atoms with Gasteiger partial charge in [0, 0.05) is 6.21 Å². The molecule has 4 heteroatoms. The Balaban J connectivity index is 2.03. The average molecular weight is 189 g/mol. The molecule has 0 amide bonds. The first-order chi connectivity index (χ1) is 6.95. The van der Waals surface area contributed by atoms with Crippen molar-refractivity contribution in [1.29, 1.82) is 0 Å². The SMILES string of the molecule is C(=Nc1cncnc1)C1=CCCOC1. The molecule has 14 heavy (non-hydrogen) atoms. The number of aromatic nitrogens is 2. The number of hydrogen-bond acceptors (Lipinski definition) is 4. The third-order valence-corrected chi connectivity index (χ3v) is 1.86. The van der Waals surface area contributed by atoms with Crippen LogP contribution in [-0.2, 0) is 4.74 Å². The summed E-state index contributed by atoms with van der Waals surface area (Å²) in [4.78, 5) is 12.0. The van der Waals surface area contributed by atoms with Gasteiger partial charge in [-0.2, -0.15) is 0 Å². The number of rotatable bonds is 2. The van der Waals surface area contributed by atoms with E-state index in [9.17, 15) is 0 Å². The molecule has 0 unspecified atom stereocenters. The number of hydrogen-bond donors (Lipinski definition) is 0. The molecule has 0 aromatic carbocycles. The van der Waals surface area contributed by atoms with E-state index in [4.69, 9.17) is 4.74 Å². The Morgan fingerprint density at radius 3 is 2.93 bits per heavy atom. The van der Waals surface area contributed by atoms with E-state index in [1.165, 1.54) is 6.33 Å². The smallest absolute Gasteiger partial charge is 0.115 e. The van der Waals surface area contributed by atoms with Gasteiger partial charge in [-0.25, -0.2) is 9.97 Å². The van der Waals surface area contributed by atoms with Crippen LogP contribution < -0.4 is 0 Å². The minimum absolute atomic E-state index is 0.650. The molecule has 4 nitrogen and oxygen atoms in total. The van der Waals surface area contributed by atoms with Crippen LogP contribution in [0.5, 0.6) is 0 Å². The summed E-state index contributed by atoms with van der Waals surface area (Å²) < 4.78 is 5.28. The first-order valence-electron chi connectivity index (χ1n) is 4.51. The van der Waals surface area contributed by atoms with Crippen LogP contribution in [0.15, 0.2) is 35.4 Å². The van der Waals surface area contributed by atoms with Crippen molar-refractivity contribution in [2.75, 3.05) is 13.2 Å². The van der Waals surface area contributed by atoms with Crippen molar-refractivity contribution in [1.82, 2.24) is 9.97 Å². The van der Waals surface area contributed by atoms with Gasteiger partial charge in [-0.15, -0.1) is 0 Å². The molecule has 1 aliphatic rings. The highest BCUT2D eigenvalue weighted by molar-refractivity contribution is 5.81. The van der Waals surface area contributed by atoms with Crippen molar-refractivity contribution >= 4 is 11.9 Å². The summed E-state index contributed by atoms with van der Waals surface area (Å²) >= 11 is 0. The molecule has 1 aromatic rings. The molecule has 1 aliphatic heterocycles. The number of ether oxygens (including phenoxy) is 1. The number of nitrogens with zero attached hydrogens (tertiary/aromatic N) is 3. The second-order valence-corrected chi connectivity index (χ2v) is 2.98. The Morgan fingerprint density at radius 1 is 1.36 bits per heavy atom. The Morgan fingerprint density at radius 2 is 2.21 bits per heavy atom. The molecule has 0 spiro atoms. The Bertz CT molecular complexity index is 346. The fraction of sp³-hybridized carbons (Fsp3) is 0.300. The molecular formula is C10H11N3O. The van der Waals surface area contributed by atoms with Gasteiger partial charge in [0.2, 0.25) is 0 Å². The lowest BCUT2D eigenvalue weighted by Gasteiger charge is -2.08. The largest absolute Gasteiger partial charge is 0.376 e. The summed E-state index contributed by atoms with van der Waals surface area (Å²) in [6.45, 7) is 1.46. The van der Waals surface area contributed by atoms with Crippen molar-refractivity contribution in [3.05, 3.63) is 30.4 Å². The molecule has 0 N–H and O–H groups in total. The fourth-order valence-electron chi connectivity index (χ4n) is 1.18. The molecule has 2 heterocycles. The average Bonchev–Trinajstić information content (AvgIpc) is 2.29. The van der Waals surface area contributed by atoms with Crippen LogP contribution in [0.25, 0.3) is 0 Å². The van der Waals surface area contributed by atoms with Gasteiger partial charge in [0.15, 0.2) is 0 Å². The molecule has 0 aliphatic carbocycles. The zero-order valence-electron chi connectivity index (χ0n) is 7.76. The molecule has 0 saturated carbocycles. The lowest BCUT2D eigenvalue weighted by molar-refractivity contribution is 0.155. The molecule has 0 saturated heterocycles. The predicted molar refractivity (Wildman–Crippen MR) is 53.7 cm³/mol. The third-order valence-electron chi connectivity index (χ3n) is 1.86. The van der Waals surface area contributed by atoms with Gasteiger partial charge in [0.1, 0.15) is 6.33 Å². The van der Waals surface area contributed by atoms with Crippen LogP contribution in [0.3, 0.4) is 0 Å². The highest BCUT2D eigenvalue weighted by atomic mass is 16.5. The maximum atomic E-state index is 5.28. The summed E-state index contributed by atoms with van der Waals surface area (Å²) in [6, 6.07) is 0. The maximum Gasteiger partial charge on any atom is 0.115 e. The molecule has 0 fully saturated rings. The van der Waals surface area contributed by atoms with Crippen LogP contribution in [0.1, 0.15) is 6.42 Å². The van der Waals surface area contributed by atoms with Gasteiger partial charge < -0.3 is 4.74 Å². The Labute approximate surface area is 82.4 Å². The molecule has 0 bridgehead atoms. The lowest BCUT2D eigenvalue weighted by atomic mass is 10.2. The summed E-state index contributed by atoms with van der Waals surface area (Å²) in [6.07, 6.45) is 9.74. The van der Waals surface area contributed by atoms with Crippen molar-refractivity contribution in [2.45, 2.75) is 6.42 Å². The topological polar surface area (TPSA) is 47.4 Å². The van der Waals surface area contributed by atoms with Crippen LogP contribution >= 0.6 is 0 Å². The van der Waals surface area contributed by atoms with Gasteiger partial charge in [0.25, 0.3) is 0 Å². The second kappa shape index (κ2) is 4.62. The van der Waals surface area contributed by atoms with Crippen molar-refractivity contribution in [3.63, 3.8) is 0 Å². The van der Waals surface area contributed by atoms with E-state index in [1.807, 2.05) is 0 Å². The van der Waals surface area contributed by atoms with Crippen LogP contribution in [-0.4, -0.2) is 29.4 Å². The van der Waals surface area contributed by atoms with E-state index in [-0.39, 0.29) is 0 Å². The zero-order valence-corrected chi connectivity index (χ0v) is 7.76. The molecule has 1 aromatic heterocycles. The summed E-state index contributed by atoms with van der Waals surface area (Å²) in [5, 5.41) is 0. The van der Waals surface area contributed by atoms with Crippen LogP contribution in [0, 0.1) is 0 Å². The predicted octanol–water partition coefficient (Wildman–Crippen LogP) is 1.53. The van der Waals surface area contributed by atoms with Gasteiger partial charge in [-0.05, 0) is 12.0 Å². The molecule has 0 radical (unpaired) electrons. The fourth-order valence-corrected chi connectivity index (χ4v) is 1.18. The van der Waals surface area contributed by atoms with Crippen molar-refractivity contribution in [3.8, 4) is 0 Å². The van der Waals surface area contributed by atoms with Gasteiger partial charge >= 0.3 is 0 Å². The summed E-state index contributed by atoms with van der Waals surface area (Å²) in [5.74, 6) is 0. The highest BCUT2D eigenvalue weighted by Crippen LogP contribution is 2.08. The lowest BCUT2D eigenvalue weighted by Crippen LogP contribution is -2.06. The second-order valence-electron chi connectivity index (χ2n) is 2.98. The summed E-state index contributed by atoms with van der Waals surface area (Å²) in [5.41, 5.74) is 1.87. The first-order valence-corrected chi connectivity index (χ1v) is 4.51. The Kier molecular flexibility index (Phi) is 2.98. The van der Waals surface area contributed by atoms with E-state index >= 15 is 0 Å². The quantitative estimate of drug-likeness (QED) is 0.663. The molecule has 72 valence electrons. The van der Waals surface area contributed by atoms with Crippen molar-refractivity contribution < 1.29 is 4.74 Å². The first kappa shape index (κ1) is 9.02. The van der Waals surface area contributed by atoms with Crippen molar-refractivity contribution in [2.24, 2.45) is 4.99 Å². The van der Waals surface area contributed by atoms with E-state index < -0.39 is 0 Å². The van der Waals surface area contributed by atoms with E-state index in [0.29, 0.717) is 6.61 Å². The highest BCUT2D eigenvalue weighted by Gasteiger charge is 1.99. The van der Waals surface area contributed by atoms with Gasteiger partial charge in [-0.3, -0.25) is 4.99 Å². The Hall–Kier alpha value is -1.55. The zero-order chi connectivity index (χ0) is 9.64. The molecular weight excluding hydrogens is 178 g/mol. The third kappa shape index (κ3) is 2.47. The summed E-state index contributed by atoms with van der Waals surface area (Å²) in [7, 11) is 0. The maximum absolute atomic E-state index is 5.28. The van der Waals surface area contributed by atoms with Crippen LogP contribution in [0.4, 0.5) is 5.69 Å². The minimum atomic E-state index is 0.650. The van der Waals surface area contributed by atoms with Crippen LogP contribution in [0.2, 0.25) is 0 Å². The standard InChI is InChI=1S/C10H11N3O/c1-2-9(7-14-3-1)4-13-10-5-11-8-12-6-10/h2,4-6,8H,1,3,7H2. The minimum Gasteiger partial charge on any atom is -0.376 e. The van der Waals surface area contributed by atoms with E-state index in [1.54, 1.807) is 18.6 Å². The van der Waals surface area contributed by atoms with E-state index in [0.717, 1.165) is 24.3 Å².